The number of hydrogen-bond acceptors (Lipinski definition) is 4. The van der Waals surface area contributed by atoms with E-state index in [-0.39, 0.29) is 28.6 Å². The molecule has 4 nitrogen and oxygen atoms in total. The van der Waals surface area contributed by atoms with Gasteiger partial charge in [-0.05, 0) is 56.2 Å². The zero-order valence-electron chi connectivity index (χ0n) is 13.7. The van der Waals surface area contributed by atoms with Crippen molar-refractivity contribution in [1.29, 1.82) is 0 Å². The van der Waals surface area contributed by atoms with Crippen LogP contribution in [0.2, 0.25) is 0 Å². The summed E-state index contributed by atoms with van der Waals surface area (Å²) in [6.45, 7) is 3.84. The highest BCUT2D eigenvalue weighted by atomic mass is 16.3. The number of phenolic OH excluding ortho intramolecular Hbond substituents is 3. The average Bonchev–Trinajstić information content (AvgIpc) is 2.53. The highest BCUT2D eigenvalue weighted by molar-refractivity contribution is 6.09. The summed E-state index contributed by atoms with van der Waals surface area (Å²) < 4.78 is 0. The summed E-state index contributed by atoms with van der Waals surface area (Å²) in [6, 6.07) is 9.22. The lowest BCUT2D eigenvalue weighted by Crippen LogP contribution is -1.98. The molecule has 0 aliphatic rings. The maximum absolute atomic E-state index is 12.3. The van der Waals surface area contributed by atoms with Gasteiger partial charge in [0, 0.05) is 5.56 Å². The van der Waals surface area contributed by atoms with E-state index in [1.165, 1.54) is 30.3 Å². The van der Waals surface area contributed by atoms with Crippen molar-refractivity contribution in [3.8, 4) is 17.2 Å². The molecule has 3 N–H and O–H groups in total. The number of allylic oxidation sites excluding steroid dienone is 3. The smallest absolute Gasteiger partial charge is 0.189 e. The van der Waals surface area contributed by atoms with Crippen molar-refractivity contribution in [3.05, 3.63) is 70.8 Å². The van der Waals surface area contributed by atoms with Crippen molar-refractivity contribution in [2.75, 3.05) is 0 Å². The number of ketones is 1. The molecule has 4 heteroatoms. The molecular weight excluding hydrogens is 304 g/mol. The second-order valence-electron chi connectivity index (χ2n) is 5.73. The highest BCUT2D eigenvalue weighted by Crippen LogP contribution is 2.32. The van der Waals surface area contributed by atoms with E-state index in [9.17, 15) is 20.1 Å². The van der Waals surface area contributed by atoms with Crippen molar-refractivity contribution < 1.29 is 20.1 Å². The van der Waals surface area contributed by atoms with Gasteiger partial charge < -0.3 is 15.3 Å². The fraction of sp³-hybridized carbons (Fsp3) is 0.150. The second kappa shape index (κ2) is 7.51. The van der Waals surface area contributed by atoms with Crippen molar-refractivity contribution in [2.45, 2.75) is 20.3 Å². The van der Waals surface area contributed by atoms with Gasteiger partial charge in [-0.25, -0.2) is 0 Å². The quantitative estimate of drug-likeness (QED) is 0.437. The zero-order valence-corrected chi connectivity index (χ0v) is 13.7. The molecule has 0 radical (unpaired) electrons. The van der Waals surface area contributed by atoms with Crippen LogP contribution in [0.4, 0.5) is 0 Å². The lowest BCUT2D eigenvalue weighted by Gasteiger charge is -2.09. The van der Waals surface area contributed by atoms with E-state index in [0.717, 1.165) is 11.1 Å². The van der Waals surface area contributed by atoms with Crippen LogP contribution in [-0.2, 0) is 6.42 Å². The average molecular weight is 324 g/mol. The first-order valence-corrected chi connectivity index (χ1v) is 7.57. The highest BCUT2D eigenvalue weighted by Gasteiger charge is 2.15. The molecule has 0 aromatic heterocycles. The molecule has 124 valence electrons. The first kappa shape index (κ1) is 17.3. The number of benzene rings is 2. The number of carbonyl (C=O) groups excluding carboxylic acids is 1. The summed E-state index contributed by atoms with van der Waals surface area (Å²) in [5.41, 5.74) is 2.28. The van der Waals surface area contributed by atoms with Crippen LogP contribution in [-0.4, -0.2) is 21.1 Å². The van der Waals surface area contributed by atoms with Crippen molar-refractivity contribution in [2.24, 2.45) is 0 Å². The Morgan fingerprint density at radius 2 is 1.67 bits per heavy atom. The largest absolute Gasteiger partial charge is 0.508 e. The van der Waals surface area contributed by atoms with Gasteiger partial charge in [0.15, 0.2) is 5.78 Å². The molecule has 0 saturated heterocycles. The summed E-state index contributed by atoms with van der Waals surface area (Å²) in [4.78, 5) is 12.3. The SMILES string of the molecule is CC(C)=CCc1c(O)ccc(C(=O)C=Cc2ccc(O)cc2)c1O. The predicted octanol–water partition coefficient (Wildman–Crippen LogP) is 4.21. The molecule has 0 saturated carbocycles. The number of hydrogen-bond donors (Lipinski definition) is 3. The Morgan fingerprint density at radius 3 is 2.29 bits per heavy atom. The maximum Gasteiger partial charge on any atom is 0.189 e. The van der Waals surface area contributed by atoms with Crippen LogP contribution in [0.5, 0.6) is 17.2 Å². The molecule has 24 heavy (non-hydrogen) atoms. The first-order chi connectivity index (χ1) is 11.4. The van der Waals surface area contributed by atoms with E-state index in [1.54, 1.807) is 18.2 Å². The number of aromatic hydroxyl groups is 3. The molecule has 0 atom stereocenters. The Hall–Kier alpha value is -3.01. The van der Waals surface area contributed by atoms with E-state index < -0.39 is 0 Å². The van der Waals surface area contributed by atoms with Gasteiger partial charge >= 0.3 is 0 Å². The van der Waals surface area contributed by atoms with E-state index in [4.69, 9.17) is 0 Å². The van der Waals surface area contributed by atoms with Crippen LogP contribution in [0.15, 0.2) is 54.1 Å². The molecule has 0 amide bonds. The summed E-state index contributed by atoms with van der Waals surface area (Å²) in [7, 11) is 0. The van der Waals surface area contributed by atoms with Gasteiger partial charge in [-0.1, -0.05) is 29.9 Å². The molecule has 0 aliphatic heterocycles. The van der Waals surface area contributed by atoms with E-state index >= 15 is 0 Å². The minimum Gasteiger partial charge on any atom is -0.508 e. The molecule has 2 aromatic carbocycles. The first-order valence-electron chi connectivity index (χ1n) is 7.57. The van der Waals surface area contributed by atoms with Crippen LogP contribution in [0.25, 0.3) is 6.08 Å². The van der Waals surface area contributed by atoms with E-state index in [0.29, 0.717) is 12.0 Å². The van der Waals surface area contributed by atoms with Gasteiger partial charge in [0.2, 0.25) is 0 Å². The lowest BCUT2D eigenvalue weighted by molar-refractivity contribution is 0.104. The standard InChI is InChI=1S/C20H20O4/c1-13(2)3-9-16-19(23)12-10-17(20(16)24)18(22)11-6-14-4-7-15(21)8-5-14/h3-8,10-12,21,23-24H,9H2,1-2H3. The molecule has 2 rings (SSSR count). The number of carbonyl (C=O) groups is 1. The monoisotopic (exact) mass is 324 g/mol. The minimum atomic E-state index is -0.362. The normalized spacial score (nSPS) is 10.8. The van der Waals surface area contributed by atoms with Crippen molar-refractivity contribution in [3.63, 3.8) is 0 Å². The van der Waals surface area contributed by atoms with Gasteiger partial charge in [0.25, 0.3) is 0 Å². The molecule has 0 heterocycles. The molecule has 2 aromatic rings. The Kier molecular flexibility index (Phi) is 5.42. The minimum absolute atomic E-state index is 0.0379. The second-order valence-corrected chi connectivity index (χ2v) is 5.73. The van der Waals surface area contributed by atoms with Crippen molar-refractivity contribution in [1.82, 2.24) is 0 Å². The van der Waals surface area contributed by atoms with Crippen molar-refractivity contribution >= 4 is 11.9 Å². The fourth-order valence-corrected chi connectivity index (χ4v) is 2.18. The Balaban J connectivity index is 2.27. The molecule has 0 spiro atoms. The topological polar surface area (TPSA) is 77.8 Å². The van der Waals surface area contributed by atoms with Crippen LogP contribution >= 0.6 is 0 Å². The number of phenols is 3. The molecule has 0 aliphatic carbocycles. The molecule has 0 bridgehead atoms. The van der Waals surface area contributed by atoms with E-state index in [2.05, 4.69) is 0 Å². The van der Waals surface area contributed by atoms with Crippen LogP contribution < -0.4 is 0 Å². The maximum atomic E-state index is 12.3. The predicted molar refractivity (Wildman–Crippen MR) is 94.4 cm³/mol. The summed E-state index contributed by atoms with van der Waals surface area (Å²) in [6.07, 6.45) is 5.17. The third-order valence-corrected chi connectivity index (χ3v) is 3.56. The summed E-state index contributed by atoms with van der Waals surface area (Å²) in [5, 5.41) is 29.5. The Labute approximate surface area is 141 Å². The van der Waals surface area contributed by atoms with Crippen LogP contribution in [0, 0.1) is 0 Å². The zero-order chi connectivity index (χ0) is 17.7. The third kappa shape index (κ3) is 4.26. The van der Waals surface area contributed by atoms with Gasteiger partial charge in [0.1, 0.15) is 17.2 Å². The number of rotatable bonds is 5. The fourth-order valence-electron chi connectivity index (χ4n) is 2.18. The Bertz CT molecular complexity index is 795. The summed E-state index contributed by atoms with van der Waals surface area (Å²) in [5.74, 6) is -0.450. The van der Waals surface area contributed by atoms with Gasteiger partial charge in [-0.3, -0.25) is 4.79 Å². The van der Waals surface area contributed by atoms with Gasteiger partial charge in [-0.15, -0.1) is 0 Å². The Morgan fingerprint density at radius 1 is 1.00 bits per heavy atom. The van der Waals surface area contributed by atoms with Crippen LogP contribution in [0.1, 0.15) is 35.3 Å². The molecule has 0 fully saturated rings. The third-order valence-electron chi connectivity index (χ3n) is 3.56. The lowest BCUT2D eigenvalue weighted by atomic mass is 10.0. The molecule has 0 unspecified atom stereocenters. The van der Waals surface area contributed by atoms with Gasteiger partial charge in [-0.2, -0.15) is 0 Å². The van der Waals surface area contributed by atoms with Gasteiger partial charge in [0.05, 0.1) is 5.56 Å². The van der Waals surface area contributed by atoms with Crippen LogP contribution in [0.3, 0.4) is 0 Å². The molecular formula is C20H20O4. The summed E-state index contributed by atoms with van der Waals surface area (Å²) >= 11 is 0. The van der Waals surface area contributed by atoms with E-state index in [1.807, 2.05) is 19.9 Å².